The van der Waals surface area contributed by atoms with E-state index in [1.807, 2.05) is 13.8 Å². The topological polar surface area (TPSA) is 74.0 Å². The molecular weight excluding hydrogens is 248 g/mol. The van der Waals surface area contributed by atoms with Crippen molar-refractivity contribution in [1.29, 1.82) is 0 Å². The summed E-state index contributed by atoms with van der Waals surface area (Å²) in [5.74, 6) is 0. The zero-order valence-electron chi connectivity index (χ0n) is 11.1. The zero-order chi connectivity index (χ0) is 14.1. The van der Waals surface area contributed by atoms with Gasteiger partial charge in [0, 0.05) is 25.5 Å². The fourth-order valence-electron chi connectivity index (χ4n) is 1.53. The Labute approximate surface area is 112 Å². The fourth-order valence-corrected chi connectivity index (χ4v) is 1.53. The lowest BCUT2D eigenvalue weighted by atomic mass is 10.2. The Morgan fingerprint density at radius 1 is 1.32 bits per heavy atom. The minimum atomic E-state index is -0.427. The van der Waals surface area contributed by atoms with Gasteiger partial charge in [0.25, 0.3) is 5.69 Å². The highest BCUT2D eigenvalue weighted by Gasteiger charge is 2.10. The molecule has 0 amide bonds. The van der Waals surface area contributed by atoms with Gasteiger partial charge in [-0.15, -0.1) is 0 Å². The lowest BCUT2D eigenvalue weighted by molar-refractivity contribution is -0.385. The van der Waals surface area contributed by atoms with Crippen molar-refractivity contribution in [2.45, 2.75) is 20.1 Å². The molecular formula is C13H18N2O4. The van der Waals surface area contributed by atoms with Crippen LogP contribution >= 0.6 is 0 Å². The van der Waals surface area contributed by atoms with Crippen molar-refractivity contribution in [3.05, 3.63) is 39.9 Å². The Balaban J connectivity index is 2.68. The van der Waals surface area contributed by atoms with Crippen LogP contribution in [0.5, 0.6) is 0 Å². The van der Waals surface area contributed by atoms with Crippen LogP contribution in [0.3, 0.4) is 0 Å². The van der Waals surface area contributed by atoms with Crippen LogP contribution in [0.25, 0.3) is 0 Å². The van der Waals surface area contributed by atoms with E-state index in [2.05, 4.69) is 4.99 Å². The van der Waals surface area contributed by atoms with Gasteiger partial charge in [0.15, 0.2) is 6.29 Å². The Hall–Kier alpha value is -1.79. The van der Waals surface area contributed by atoms with Gasteiger partial charge in [-0.05, 0) is 19.9 Å². The number of benzene rings is 1. The molecule has 1 aromatic carbocycles. The Bertz CT molecular complexity index is 428. The summed E-state index contributed by atoms with van der Waals surface area (Å²) in [5, 5.41) is 10.8. The van der Waals surface area contributed by atoms with Crippen molar-refractivity contribution in [3.8, 4) is 0 Å². The van der Waals surface area contributed by atoms with Gasteiger partial charge >= 0.3 is 0 Å². The molecule has 0 bridgehead atoms. The van der Waals surface area contributed by atoms with Crippen LogP contribution in [0.1, 0.15) is 19.4 Å². The molecule has 0 aliphatic carbocycles. The molecule has 0 unspecified atom stereocenters. The molecule has 0 saturated carbocycles. The molecule has 0 atom stereocenters. The average Bonchev–Trinajstić information content (AvgIpc) is 2.39. The summed E-state index contributed by atoms with van der Waals surface area (Å²) in [6, 6.07) is 6.46. The van der Waals surface area contributed by atoms with Crippen molar-refractivity contribution in [2.24, 2.45) is 4.99 Å². The molecule has 0 radical (unpaired) electrons. The summed E-state index contributed by atoms with van der Waals surface area (Å²) in [4.78, 5) is 14.5. The van der Waals surface area contributed by atoms with E-state index in [0.29, 0.717) is 25.3 Å². The molecule has 0 fully saturated rings. The van der Waals surface area contributed by atoms with Crippen molar-refractivity contribution in [3.63, 3.8) is 0 Å². The second-order valence-electron chi connectivity index (χ2n) is 3.65. The van der Waals surface area contributed by atoms with Crippen LogP contribution < -0.4 is 0 Å². The molecule has 104 valence electrons. The minimum absolute atomic E-state index is 0.0376. The molecule has 0 N–H and O–H groups in total. The van der Waals surface area contributed by atoms with E-state index in [4.69, 9.17) is 9.47 Å². The molecule has 6 nitrogen and oxygen atoms in total. The maximum absolute atomic E-state index is 10.8. The van der Waals surface area contributed by atoms with Crippen LogP contribution in [-0.2, 0) is 9.47 Å². The summed E-state index contributed by atoms with van der Waals surface area (Å²) < 4.78 is 10.7. The first-order valence-corrected chi connectivity index (χ1v) is 6.15. The monoisotopic (exact) mass is 266 g/mol. The molecule has 0 aromatic heterocycles. The second-order valence-corrected chi connectivity index (χ2v) is 3.65. The van der Waals surface area contributed by atoms with Gasteiger partial charge in [-0.25, -0.2) is 0 Å². The van der Waals surface area contributed by atoms with E-state index in [1.165, 1.54) is 12.3 Å². The average molecular weight is 266 g/mol. The van der Waals surface area contributed by atoms with Crippen LogP contribution in [0.2, 0.25) is 0 Å². The summed E-state index contributed by atoms with van der Waals surface area (Å²) in [6.45, 7) is 5.13. The molecule has 0 aliphatic heterocycles. The molecule has 0 heterocycles. The predicted molar refractivity (Wildman–Crippen MR) is 72.6 cm³/mol. The summed E-state index contributed by atoms with van der Waals surface area (Å²) >= 11 is 0. The second kappa shape index (κ2) is 8.34. The van der Waals surface area contributed by atoms with E-state index in [1.54, 1.807) is 18.2 Å². The highest BCUT2D eigenvalue weighted by Crippen LogP contribution is 2.15. The first kappa shape index (κ1) is 15.3. The number of nitro groups is 1. The van der Waals surface area contributed by atoms with Crippen LogP contribution in [0, 0.1) is 10.1 Å². The number of nitro benzene ring substituents is 1. The quantitative estimate of drug-likeness (QED) is 0.313. The summed E-state index contributed by atoms with van der Waals surface area (Å²) in [6.07, 6.45) is 1.07. The normalized spacial score (nSPS) is 11.3. The van der Waals surface area contributed by atoms with Gasteiger partial charge in [-0.2, -0.15) is 0 Å². The minimum Gasteiger partial charge on any atom is -0.351 e. The largest absolute Gasteiger partial charge is 0.351 e. The number of para-hydroxylation sites is 1. The molecule has 19 heavy (non-hydrogen) atoms. The summed E-state index contributed by atoms with van der Waals surface area (Å²) in [7, 11) is 0. The number of aliphatic imine (C=N–C) groups is 1. The lowest BCUT2D eigenvalue weighted by Gasteiger charge is -2.13. The van der Waals surface area contributed by atoms with E-state index < -0.39 is 11.2 Å². The van der Waals surface area contributed by atoms with Gasteiger partial charge in [-0.1, -0.05) is 12.1 Å². The van der Waals surface area contributed by atoms with Crippen molar-refractivity contribution < 1.29 is 14.4 Å². The third-order valence-corrected chi connectivity index (χ3v) is 2.32. The van der Waals surface area contributed by atoms with Crippen LogP contribution in [0.15, 0.2) is 29.3 Å². The van der Waals surface area contributed by atoms with E-state index in [9.17, 15) is 10.1 Å². The fraction of sp³-hybridized carbons (Fsp3) is 0.462. The van der Waals surface area contributed by atoms with Gasteiger partial charge in [0.05, 0.1) is 17.0 Å². The third-order valence-electron chi connectivity index (χ3n) is 2.32. The highest BCUT2D eigenvalue weighted by molar-refractivity contribution is 5.85. The van der Waals surface area contributed by atoms with Crippen LogP contribution in [0.4, 0.5) is 5.69 Å². The van der Waals surface area contributed by atoms with Gasteiger partial charge < -0.3 is 9.47 Å². The molecule has 1 rings (SSSR count). The Kier molecular flexibility index (Phi) is 6.70. The number of rotatable bonds is 8. The SMILES string of the molecule is CCOC(CN=Cc1ccccc1[N+](=O)[O-])OCC. The van der Waals surface area contributed by atoms with Crippen molar-refractivity contribution in [2.75, 3.05) is 19.8 Å². The molecule has 0 saturated heterocycles. The van der Waals surface area contributed by atoms with Crippen molar-refractivity contribution >= 4 is 11.9 Å². The molecule has 0 aliphatic rings. The Morgan fingerprint density at radius 2 is 1.95 bits per heavy atom. The standard InChI is InChI=1S/C13H18N2O4/c1-3-18-13(19-4-2)10-14-9-11-7-5-6-8-12(11)15(16)17/h5-9,13H,3-4,10H2,1-2H3. The van der Waals surface area contributed by atoms with E-state index >= 15 is 0 Å². The van der Waals surface area contributed by atoms with Gasteiger partial charge in [0.1, 0.15) is 0 Å². The molecule has 1 aromatic rings. The predicted octanol–water partition coefficient (Wildman–Crippen LogP) is 2.41. The maximum Gasteiger partial charge on any atom is 0.278 e. The number of hydrogen-bond donors (Lipinski definition) is 0. The molecule has 6 heteroatoms. The first-order chi connectivity index (χ1) is 9.19. The van der Waals surface area contributed by atoms with E-state index in [-0.39, 0.29) is 5.69 Å². The van der Waals surface area contributed by atoms with E-state index in [0.717, 1.165) is 0 Å². The Morgan fingerprint density at radius 3 is 2.53 bits per heavy atom. The highest BCUT2D eigenvalue weighted by atomic mass is 16.7. The zero-order valence-corrected chi connectivity index (χ0v) is 11.1. The number of nitrogens with zero attached hydrogens (tertiary/aromatic N) is 2. The number of ether oxygens (including phenoxy) is 2. The van der Waals surface area contributed by atoms with Gasteiger partial charge in [-0.3, -0.25) is 15.1 Å². The van der Waals surface area contributed by atoms with Crippen LogP contribution in [-0.4, -0.2) is 37.2 Å². The number of hydrogen-bond acceptors (Lipinski definition) is 5. The van der Waals surface area contributed by atoms with Crippen molar-refractivity contribution in [1.82, 2.24) is 0 Å². The smallest absolute Gasteiger partial charge is 0.278 e. The lowest BCUT2D eigenvalue weighted by Crippen LogP contribution is -2.20. The molecule has 0 spiro atoms. The first-order valence-electron chi connectivity index (χ1n) is 6.15. The summed E-state index contributed by atoms with van der Waals surface area (Å²) in [5.41, 5.74) is 0.509. The third kappa shape index (κ3) is 5.15. The van der Waals surface area contributed by atoms with Gasteiger partial charge in [0.2, 0.25) is 0 Å². The maximum atomic E-state index is 10.8.